The van der Waals surface area contributed by atoms with Crippen LogP contribution in [0.5, 0.6) is 0 Å². The lowest BCUT2D eigenvalue weighted by Gasteiger charge is -2.40. The Kier molecular flexibility index (Phi) is 8.39. The van der Waals surface area contributed by atoms with Crippen molar-refractivity contribution in [2.24, 2.45) is 5.92 Å². The van der Waals surface area contributed by atoms with Gasteiger partial charge in [-0.15, -0.1) is 0 Å². The van der Waals surface area contributed by atoms with E-state index in [0.29, 0.717) is 6.04 Å². The molecular formula is C32H39N3. The largest absolute Gasteiger partial charge is 0.301 e. The molecule has 0 amide bonds. The maximum atomic E-state index is 10.3. The van der Waals surface area contributed by atoms with Crippen LogP contribution in [0.1, 0.15) is 55.0 Å². The zero-order valence-electron chi connectivity index (χ0n) is 21.5. The second kappa shape index (κ2) is 11.7. The molecule has 1 fully saturated rings. The molecule has 1 aliphatic heterocycles. The third-order valence-electron chi connectivity index (χ3n) is 7.86. The van der Waals surface area contributed by atoms with Gasteiger partial charge in [-0.25, -0.2) is 0 Å². The molecule has 3 aromatic rings. The number of aryl methyl sites for hydroxylation is 1. The molecule has 0 aromatic heterocycles. The van der Waals surface area contributed by atoms with Crippen molar-refractivity contribution >= 4 is 0 Å². The lowest BCUT2D eigenvalue weighted by molar-refractivity contribution is 0.106. The maximum absolute atomic E-state index is 10.3. The topological polar surface area (TPSA) is 30.3 Å². The predicted molar refractivity (Wildman–Crippen MR) is 145 cm³/mol. The number of nitriles is 1. The highest BCUT2D eigenvalue weighted by atomic mass is 15.3. The number of rotatable bonds is 9. The quantitative estimate of drug-likeness (QED) is 0.357. The first-order valence-electron chi connectivity index (χ1n) is 13.1. The fraction of sp³-hybridized carbons (Fsp3) is 0.406. The van der Waals surface area contributed by atoms with E-state index in [2.05, 4.69) is 122 Å². The van der Waals surface area contributed by atoms with Crippen LogP contribution < -0.4 is 0 Å². The minimum absolute atomic E-state index is 0.281. The Morgan fingerprint density at radius 2 is 1.34 bits per heavy atom. The number of hydrogen-bond acceptors (Lipinski definition) is 3. The number of benzene rings is 3. The van der Waals surface area contributed by atoms with Crippen LogP contribution in [0.3, 0.4) is 0 Å². The van der Waals surface area contributed by atoms with E-state index in [1.165, 1.54) is 22.3 Å². The van der Waals surface area contributed by atoms with Crippen molar-refractivity contribution in [2.45, 2.75) is 45.1 Å². The van der Waals surface area contributed by atoms with Crippen LogP contribution >= 0.6 is 0 Å². The van der Waals surface area contributed by atoms with Crippen molar-refractivity contribution < 1.29 is 0 Å². The Morgan fingerprint density at radius 3 is 1.86 bits per heavy atom. The average molecular weight is 466 g/mol. The van der Waals surface area contributed by atoms with Gasteiger partial charge in [-0.05, 0) is 54.5 Å². The molecule has 0 radical (unpaired) electrons. The van der Waals surface area contributed by atoms with Gasteiger partial charge in [0.2, 0.25) is 0 Å². The van der Waals surface area contributed by atoms with Gasteiger partial charge in [0.1, 0.15) is 0 Å². The summed E-state index contributed by atoms with van der Waals surface area (Å²) in [6.07, 6.45) is 1.95. The molecule has 0 aliphatic carbocycles. The number of piperazine rings is 1. The Labute approximate surface area is 212 Å². The molecule has 0 unspecified atom stereocenters. The summed E-state index contributed by atoms with van der Waals surface area (Å²) in [5.41, 5.74) is 4.74. The summed E-state index contributed by atoms with van der Waals surface area (Å²) in [6, 6.07) is 33.3. The minimum atomic E-state index is -0.418. The first-order valence-corrected chi connectivity index (χ1v) is 13.1. The van der Waals surface area contributed by atoms with Gasteiger partial charge in [-0.2, -0.15) is 5.26 Å². The van der Waals surface area contributed by atoms with E-state index >= 15 is 0 Å². The molecule has 0 N–H and O–H groups in total. The van der Waals surface area contributed by atoms with E-state index < -0.39 is 5.41 Å². The summed E-state index contributed by atoms with van der Waals surface area (Å²) in [5, 5.41) is 10.3. The molecule has 1 heterocycles. The Morgan fingerprint density at radius 1 is 0.800 bits per heavy atom. The summed E-state index contributed by atoms with van der Waals surface area (Å²) >= 11 is 0. The first-order chi connectivity index (χ1) is 17.0. The van der Waals surface area contributed by atoms with Gasteiger partial charge in [0.15, 0.2) is 0 Å². The standard InChI is InChI=1S/C32H39N3/c1-26(2)32(25-33,30-18-11-10-13-27(30)3)19-12-20-34-21-23-35(24-22-34)31(28-14-6-4-7-15-28)29-16-8-5-9-17-29/h4-11,13-18,26,31H,12,19-24H2,1-3H3/t32-/m0/s1. The summed E-state index contributed by atoms with van der Waals surface area (Å²) in [7, 11) is 0. The van der Waals surface area contributed by atoms with E-state index in [4.69, 9.17) is 0 Å². The van der Waals surface area contributed by atoms with Gasteiger partial charge < -0.3 is 4.90 Å². The highest BCUT2D eigenvalue weighted by Crippen LogP contribution is 2.38. The molecular weight excluding hydrogens is 426 g/mol. The molecule has 3 nitrogen and oxygen atoms in total. The van der Waals surface area contributed by atoms with Crippen molar-refractivity contribution in [1.82, 2.24) is 9.80 Å². The number of nitrogens with zero attached hydrogens (tertiary/aromatic N) is 3. The molecule has 3 heteroatoms. The van der Waals surface area contributed by atoms with Gasteiger partial charge in [0.05, 0.1) is 17.5 Å². The lowest BCUT2D eigenvalue weighted by Crippen LogP contribution is -2.48. The summed E-state index contributed by atoms with van der Waals surface area (Å²) in [4.78, 5) is 5.21. The molecule has 1 saturated heterocycles. The van der Waals surface area contributed by atoms with E-state index in [1.807, 2.05) is 0 Å². The SMILES string of the molecule is Cc1ccccc1[C@](C#N)(CCCN1CCN(C(c2ccccc2)c2ccccc2)CC1)C(C)C. The smallest absolute Gasteiger partial charge is 0.0848 e. The van der Waals surface area contributed by atoms with E-state index in [1.54, 1.807) is 0 Å². The monoisotopic (exact) mass is 465 g/mol. The predicted octanol–water partition coefficient (Wildman–Crippen LogP) is 6.60. The van der Waals surface area contributed by atoms with Crippen LogP contribution in [0.4, 0.5) is 0 Å². The number of hydrogen-bond donors (Lipinski definition) is 0. The molecule has 0 saturated carbocycles. The third kappa shape index (κ3) is 5.67. The molecule has 0 bridgehead atoms. The molecule has 35 heavy (non-hydrogen) atoms. The second-order valence-corrected chi connectivity index (χ2v) is 10.3. The van der Waals surface area contributed by atoms with Crippen molar-refractivity contribution in [3.63, 3.8) is 0 Å². The summed E-state index contributed by atoms with van der Waals surface area (Å²) < 4.78 is 0. The van der Waals surface area contributed by atoms with Gasteiger partial charge in [-0.1, -0.05) is 98.8 Å². The lowest BCUT2D eigenvalue weighted by atomic mass is 9.68. The van der Waals surface area contributed by atoms with Gasteiger partial charge in [0.25, 0.3) is 0 Å². The normalized spacial score (nSPS) is 16.8. The van der Waals surface area contributed by atoms with E-state index in [-0.39, 0.29) is 5.92 Å². The highest BCUT2D eigenvalue weighted by Gasteiger charge is 2.37. The highest BCUT2D eigenvalue weighted by molar-refractivity contribution is 5.39. The molecule has 3 aromatic carbocycles. The van der Waals surface area contributed by atoms with Crippen molar-refractivity contribution in [3.05, 3.63) is 107 Å². The van der Waals surface area contributed by atoms with Gasteiger partial charge >= 0.3 is 0 Å². The molecule has 1 atom stereocenters. The van der Waals surface area contributed by atoms with E-state index in [9.17, 15) is 5.26 Å². The zero-order chi connectivity index (χ0) is 24.7. The minimum Gasteiger partial charge on any atom is -0.301 e. The van der Waals surface area contributed by atoms with E-state index in [0.717, 1.165) is 45.6 Å². The summed E-state index contributed by atoms with van der Waals surface area (Å²) in [6.45, 7) is 11.8. The molecule has 182 valence electrons. The summed E-state index contributed by atoms with van der Waals surface area (Å²) in [5.74, 6) is 0.281. The van der Waals surface area contributed by atoms with Crippen LogP contribution in [0.2, 0.25) is 0 Å². The van der Waals surface area contributed by atoms with Crippen LogP contribution in [-0.4, -0.2) is 42.5 Å². The maximum Gasteiger partial charge on any atom is 0.0848 e. The fourth-order valence-electron chi connectivity index (χ4n) is 5.76. The fourth-order valence-corrected chi connectivity index (χ4v) is 5.76. The molecule has 0 spiro atoms. The second-order valence-electron chi connectivity index (χ2n) is 10.3. The Balaban J connectivity index is 1.39. The van der Waals surface area contributed by atoms with Crippen LogP contribution in [-0.2, 0) is 5.41 Å². The van der Waals surface area contributed by atoms with Crippen LogP contribution in [0, 0.1) is 24.2 Å². The third-order valence-corrected chi connectivity index (χ3v) is 7.86. The first kappa shape index (κ1) is 25.2. The van der Waals surface area contributed by atoms with Crippen molar-refractivity contribution in [1.29, 1.82) is 5.26 Å². The van der Waals surface area contributed by atoms with Crippen molar-refractivity contribution in [2.75, 3.05) is 32.7 Å². The molecule has 1 aliphatic rings. The van der Waals surface area contributed by atoms with Crippen LogP contribution in [0.15, 0.2) is 84.9 Å². The van der Waals surface area contributed by atoms with Gasteiger partial charge in [0, 0.05) is 26.2 Å². The van der Waals surface area contributed by atoms with Gasteiger partial charge in [-0.3, -0.25) is 4.90 Å². The average Bonchev–Trinajstić information content (AvgIpc) is 2.89. The van der Waals surface area contributed by atoms with Crippen molar-refractivity contribution in [3.8, 4) is 6.07 Å². The Hall–Kier alpha value is -2.93. The Bertz CT molecular complexity index is 1050. The molecule has 4 rings (SSSR count). The van der Waals surface area contributed by atoms with Crippen LogP contribution in [0.25, 0.3) is 0 Å². The zero-order valence-corrected chi connectivity index (χ0v) is 21.5.